The molecule has 0 bridgehead atoms. The van der Waals surface area contributed by atoms with Crippen LogP contribution < -0.4 is 0 Å². The minimum atomic E-state index is 0.913. The van der Waals surface area contributed by atoms with Crippen molar-refractivity contribution in [3.05, 3.63) is 108 Å². The molecule has 0 aliphatic heterocycles. The Labute approximate surface area is 200 Å². The van der Waals surface area contributed by atoms with Gasteiger partial charge in [-0.3, -0.25) is 14.4 Å². The van der Waals surface area contributed by atoms with Gasteiger partial charge in [-0.05, 0) is 69.1 Å². The van der Waals surface area contributed by atoms with Crippen LogP contribution in [0.2, 0.25) is 0 Å². The second-order valence-electron chi connectivity index (χ2n) is 9.65. The Kier molecular flexibility index (Phi) is 3.11. The van der Waals surface area contributed by atoms with Gasteiger partial charge in [0.15, 0.2) is 5.65 Å². The van der Waals surface area contributed by atoms with Gasteiger partial charge in [0.2, 0.25) is 0 Å². The Morgan fingerprint density at radius 3 is 2.40 bits per heavy atom. The number of aromatic nitrogens is 4. The molecule has 0 unspecified atom stereocenters. The van der Waals surface area contributed by atoms with Gasteiger partial charge in [-0.2, -0.15) is 0 Å². The van der Waals surface area contributed by atoms with Crippen molar-refractivity contribution in [3.8, 4) is 22.3 Å². The molecule has 0 fully saturated rings. The summed E-state index contributed by atoms with van der Waals surface area (Å²) < 4.78 is 2.27. The van der Waals surface area contributed by atoms with Gasteiger partial charge in [-0.15, -0.1) is 0 Å². The van der Waals surface area contributed by atoms with E-state index in [1.807, 2.05) is 24.7 Å². The molecule has 9 rings (SSSR count). The fourth-order valence-corrected chi connectivity index (χ4v) is 6.53. The first-order valence-corrected chi connectivity index (χ1v) is 12.0. The summed E-state index contributed by atoms with van der Waals surface area (Å²) >= 11 is 0. The largest absolute Gasteiger partial charge is 0.290 e. The van der Waals surface area contributed by atoms with Crippen LogP contribution in [0.4, 0.5) is 0 Å². The SMILES string of the molecule is c1ccc2c(c1)Cc1c-2ccc2c1Cc1c-2ccc2c1nc1c3ncccc3c3cnccc3n21. The quantitative estimate of drug-likeness (QED) is 0.243. The molecule has 4 nitrogen and oxygen atoms in total. The van der Waals surface area contributed by atoms with E-state index in [9.17, 15) is 0 Å². The lowest BCUT2D eigenvalue weighted by Crippen LogP contribution is -1.93. The summed E-state index contributed by atoms with van der Waals surface area (Å²) in [7, 11) is 0. The molecule has 35 heavy (non-hydrogen) atoms. The second kappa shape index (κ2) is 6.10. The lowest BCUT2D eigenvalue weighted by atomic mass is 9.96. The van der Waals surface area contributed by atoms with Gasteiger partial charge in [-0.1, -0.05) is 48.5 Å². The fourth-order valence-electron chi connectivity index (χ4n) is 6.53. The lowest BCUT2D eigenvalue weighted by Gasteiger charge is -2.08. The van der Waals surface area contributed by atoms with Crippen molar-refractivity contribution < 1.29 is 0 Å². The molecule has 0 N–H and O–H groups in total. The summed E-state index contributed by atoms with van der Waals surface area (Å²) in [5, 5.41) is 2.19. The number of hydrogen-bond donors (Lipinski definition) is 0. The van der Waals surface area contributed by atoms with E-state index in [-0.39, 0.29) is 0 Å². The molecule has 4 aromatic heterocycles. The van der Waals surface area contributed by atoms with Crippen molar-refractivity contribution in [1.82, 2.24) is 19.4 Å². The first kappa shape index (κ1) is 17.8. The van der Waals surface area contributed by atoms with Crippen molar-refractivity contribution in [2.24, 2.45) is 0 Å². The third kappa shape index (κ3) is 2.11. The predicted molar refractivity (Wildman–Crippen MR) is 140 cm³/mol. The zero-order valence-electron chi connectivity index (χ0n) is 18.8. The molecule has 2 aliphatic rings. The molecule has 0 amide bonds. The molecule has 3 aromatic carbocycles. The molecule has 7 aromatic rings. The highest BCUT2D eigenvalue weighted by Gasteiger charge is 2.30. The Hall–Kier alpha value is -4.57. The van der Waals surface area contributed by atoms with E-state index < -0.39 is 0 Å². The summed E-state index contributed by atoms with van der Waals surface area (Å²) in [5.41, 5.74) is 16.3. The van der Waals surface area contributed by atoms with E-state index in [0.29, 0.717) is 0 Å². The first-order valence-electron chi connectivity index (χ1n) is 12.0. The summed E-state index contributed by atoms with van der Waals surface area (Å²) in [6, 6.07) is 24.2. The molecular weight excluding hydrogens is 428 g/mol. The molecule has 4 heterocycles. The van der Waals surface area contributed by atoms with Gasteiger partial charge in [0.1, 0.15) is 5.52 Å². The average molecular weight is 447 g/mol. The third-order valence-corrected chi connectivity index (χ3v) is 8.03. The topological polar surface area (TPSA) is 43.1 Å². The standard InChI is InChI=1S/C31H18N4/c1-2-5-18-17(4-1)14-23-19(18)7-8-20-21-9-10-28-29(25(21)15-24(20)23)34-31-30-22(6-3-12-33-30)26-16-32-13-11-27(26)35(28)31/h1-13,16H,14-15H2. The Morgan fingerprint density at radius 2 is 1.43 bits per heavy atom. The highest BCUT2D eigenvalue weighted by Crippen LogP contribution is 2.48. The van der Waals surface area contributed by atoms with Crippen molar-refractivity contribution in [2.75, 3.05) is 0 Å². The van der Waals surface area contributed by atoms with Crippen LogP contribution in [0.25, 0.3) is 60.7 Å². The van der Waals surface area contributed by atoms with E-state index in [0.717, 1.165) is 51.3 Å². The van der Waals surface area contributed by atoms with Crippen LogP contribution in [0.5, 0.6) is 0 Å². The van der Waals surface area contributed by atoms with Gasteiger partial charge in [0.05, 0.1) is 16.6 Å². The van der Waals surface area contributed by atoms with E-state index >= 15 is 0 Å². The zero-order chi connectivity index (χ0) is 22.7. The minimum absolute atomic E-state index is 0.913. The van der Waals surface area contributed by atoms with E-state index in [2.05, 4.69) is 70.0 Å². The van der Waals surface area contributed by atoms with Crippen molar-refractivity contribution in [2.45, 2.75) is 12.8 Å². The maximum absolute atomic E-state index is 5.26. The van der Waals surface area contributed by atoms with Crippen molar-refractivity contribution in [3.63, 3.8) is 0 Å². The molecule has 0 spiro atoms. The average Bonchev–Trinajstić information content (AvgIpc) is 3.60. The van der Waals surface area contributed by atoms with Crippen LogP contribution in [0.1, 0.15) is 22.3 Å². The minimum Gasteiger partial charge on any atom is -0.290 e. The molecule has 0 radical (unpaired) electrons. The highest BCUT2D eigenvalue weighted by atomic mass is 15.0. The molecule has 0 saturated carbocycles. The number of benzene rings is 3. The number of hydrogen-bond acceptors (Lipinski definition) is 3. The van der Waals surface area contributed by atoms with Gasteiger partial charge in [0, 0.05) is 35.8 Å². The summed E-state index contributed by atoms with van der Waals surface area (Å²) in [4.78, 5) is 14.4. The molecule has 2 aliphatic carbocycles. The Morgan fingerprint density at radius 1 is 0.600 bits per heavy atom. The van der Waals surface area contributed by atoms with E-state index in [1.165, 1.54) is 44.5 Å². The van der Waals surface area contributed by atoms with Crippen LogP contribution in [-0.4, -0.2) is 19.4 Å². The second-order valence-corrected chi connectivity index (χ2v) is 9.65. The number of rotatable bonds is 0. The van der Waals surface area contributed by atoms with E-state index in [4.69, 9.17) is 9.97 Å². The van der Waals surface area contributed by atoms with Gasteiger partial charge >= 0.3 is 0 Å². The zero-order valence-corrected chi connectivity index (χ0v) is 18.8. The van der Waals surface area contributed by atoms with Crippen LogP contribution in [0, 0.1) is 0 Å². The summed E-state index contributed by atoms with van der Waals surface area (Å²) in [5.74, 6) is 0. The van der Waals surface area contributed by atoms with Crippen molar-refractivity contribution in [1.29, 1.82) is 0 Å². The lowest BCUT2D eigenvalue weighted by molar-refractivity contribution is 1.17. The first-order chi connectivity index (χ1) is 17.4. The summed E-state index contributed by atoms with van der Waals surface area (Å²) in [6.45, 7) is 0. The number of imidazole rings is 1. The van der Waals surface area contributed by atoms with Crippen LogP contribution in [0.3, 0.4) is 0 Å². The third-order valence-electron chi connectivity index (χ3n) is 8.03. The maximum Gasteiger partial charge on any atom is 0.165 e. The molecular formula is C31H18N4. The van der Waals surface area contributed by atoms with Crippen molar-refractivity contribution >= 4 is 38.5 Å². The fraction of sp³-hybridized carbons (Fsp3) is 0.0645. The smallest absolute Gasteiger partial charge is 0.165 e. The van der Waals surface area contributed by atoms with E-state index in [1.54, 1.807) is 0 Å². The Bertz CT molecular complexity index is 2070. The van der Waals surface area contributed by atoms with Crippen LogP contribution in [0.15, 0.2) is 85.3 Å². The molecule has 0 saturated heterocycles. The predicted octanol–water partition coefficient (Wildman–Crippen LogP) is 6.73. The maximum atomic E-state index is 5.26. The van der Waals surface area contributed by atoms with Crippen LogP contribution >= 0.6 is 0 Å². The highest BCUT2D eigenvalue weighted by molar-refractivity contribution is 6.12. The summed E-state index contributed by atoms with van der Waals surface area (Å²) in [6.07, 6.45) is 7.59. The molecule has 4 heteroatoms. The van der Waals surface area contributed by atoms with Crippen LogP contribution in [-0.2, 0) is 12.8 Å². The molecule has 162 valence electrons. The number of pyridine rings is 3. The molecule has 0 atom stereocenters. The Balaban J connectivity index is 1.36. The normalized spacial score (nSPS) is 13.5. The van der Waals surface area contributed by atoms with Gasteiger partial charge in [0.25, 0.3) is 0 Å². The number of nitrogens with zero attached hydrogens (tertiary/aromatic N) is 4. The van der Waals surface area contributed by atoms with Gasteiger partial charge < -0.3 is 0 Å². The monoisotopic (exact) mass is 446 g/mol. The van der Waals surface area contributed by atoms with Gasteiger partial charge in [-0.25, -0.2) is 4.98 Å². The number of fused-ring (bicyclic) bond motifs is 16.